The van der Waals surface area contributed by atoms with E-state index in [0.717, 1.165) is 22.2 Å². The lowest BCUT2D eigenvalue weighted by atomic mass is 9.83. The van der Waals surface area contributed by atoms with E-state index in [1.165, 1.54) is 4.90 Å². The number of hydroxylamine groups is 1. The molecule has 0 bridgehead atoms. The molecule has 0 radical (unpaired) electrons. The van der Waals surface area contributed by atoms with Gasteiger partial charge in [-0.15, -0.1) is 0 Å². The highest BCUT2D eigenvalue weighted by atomic mass is 35.5. The van der Waals surface area contributed by atoms with E-state index in [1.807, 2.05) is 37.3 Å². The average molecular weight is 573 g/mol. The van der Waals surface area contributed by atoms with Crippen molar-refractivity contribution in [2.75, 3.05) is 18.4 Å². The van der Waals surface area contributed by atoms with Gasteiger partial charge in [0.1, 0.15) is 12.4 Å². The number of carbonyl (C=O) groups excluding carboxylic acids is 3. The van der Waals surface area contributed by atoms with Crippen LogP contribution < -0.4 is 15.5 Å². The molecule has 3 amide bonds. The molecule has 0 saturated carbocycles. The number of amides is 3. The number of aryl methyl sites for hydroxylation is 1. The number of fused-ring (bicyclic) bond motifs is 1. The summed E-state index contributed by atoms with van der Waals surface area (Å²) in [6, 6.07) is 23.3. The van der Waals surface area contributed by atoms with Gasteiger partial charge in [0.15, 0.2) is 0 Å². The number of benzene rings is 3. The molecule has 210 valence electrons. The first-order valence-electron chi connectivity index (χ1n) is 13.2. The highest BCUT2D eigenvalue weighted by Crippen LogP contribution is 2.28. The van der Waals surface area contributed by atoms with Crippen LogP contribution in [0.2, 0.25) is 5.02 Å². The van der Waals surface area contributed by atoms with Crippen LogP contribution in [0.25, 0.3) is 10.9 Å². The Hall–Kier alpha value is -4.47. The van der Waals surface area contributed by atoms with Crippen molar-refractivity contribution in [3.8, 4) is 5.75 Å². The molecule has 4 aromatic rings. The second-order valence-electron chi connectivity index (χ2n) is 9.98. The third-order valence-electron chi connectivity index (χ3n) is 7.22. The smallest absolute Gasteiger partial charge is 0.253 e. The summed E-state index contributed by atoms with van der Waals surface area (Å²) >= 11 is 5.92. The van der Waals surface area contributed by atoms with Crippen molar-refractivity contribution in [3.63, 3.8) is 0 Å². The maximum Gasteiger partial charge on any atom is 0.253 e. The Morgan fingerprint density at radius 1 is 1.00 bits per heavy atom. The number of ether oxygens (including phenoxy) is 1. The largest absolute Gasteiger partial charge is 0.489 e. The van der Waals surface area contributed by atoms with Crippen molar-refractivity contribution >= 4 is 45.9 Å². The third kappa shape index (κ3) is 6.48. The van der Waals surface area contributed by atoms with E-state index in [0.29, 0.717) is 28.6 Å². The third-order valence-corrected chi connectivity index (χ3v) is 7.47. The minimum absolute atomic E-state index is 0.0120. The summed E-state index contributed by atoms with van der Waals surface area (Å²) in [5.41, 5.74) is 5.46. The van der Waals surface area contributed by atoms with E-state index in [2.05, 4.69) is 10.3 Å². The molecule has 9 nitrogen and oxygen atoms in total. The van der Waals surface area contributed by atoms with E-state index in [-0.39, 0.29) is 31.3 Å². The predicted molar refractivity (Wildman–Crippen MR) is 155 cm³/mol. The summed E-state index contributed by atoms with van der Waals surface area (Å²) in [5, 5.41) is 13.7. The van der Waals surface area contributed by atoms with E-state index in [9.17, 15) is 19.6 Å². The molecule has 1 aliphatic rings. The van der Waals surface area contributed by atoms with Crippen molar-refractivity contribution in [1.82, 2.24) is 15.4 Å². The number of hydrogen-bond acceptors (Lipinski definition) is 6. The topological polar surface area (TPSA) is 121 Å². The molecule has 1 aromatic heterocycles. The van der Waals surface area contributed by atoms with Crippen molar-refractivity contribution < 1.29 is 24.3 Å². The zero-order valence-electron chi connectivity index (χ0n) is 22.3. The Bertz CT molecular complexity index is 1580. The number of likely N-dealkylation sites (tertiary alicyclic amines) is 1. The lowest BCUT2D eigenvalue weighted by molar-refractivity contribution is -0.141. The van der Waals surface area contributed by atoms with E-state index < -0.39 is 17.7 Å². The van der Waals surface area contributed by atoms with Crippen molar-refractivity contribution in [1.29, 1.82) is 0 Å². The first kappa shape index (κ1) is 28.1. The van der Waals surface area contributed by atoms with Gasteiger partial charge in [-0.3, -0.25) is 24.6 Å². The normalized spacial score (nSPS) is 16.7. The number of piperidine rings is 1. The van der Waals surface area contributed by atoms with Gasteiger partial charge < -0.3 is 15.0 Å². The number of anilines is 1. The first-order chi connectivity index (χ1) is 19.8. The summed E-state index contributed by atoms with van der Waals surface area (Å²) in [4.78, 5) is 44.7. The quantitative estimate of drug-likeness (QED) is 0.212. The van der Waals surface area contributed by atoms with Crippen molar-refractivity contribution in [2.24, 2.45) is 11.8 Å². The molecule has 3 N–H and O–H groups in total. The Morgan fingerprint density at radius 2 is 1.73 bits per heavy atom. The molecule has 2 atom stereocenters. The van der Waals surface area contributed by atoms with Crippen LogP contribution in [0.15, 0.2) is 78.9 Å². The summed E-state index contributed by atoms with van der Waals surface area (Å²) in [6.45, 7) is 2.58. The molecule has 10 heteroatoms. The fourth-order valence-electron chi connectivity index (χ4n) is 5.12. The number of halogens is 1. The molecule has 1 saturated heterocycles. The Labute approximate surface area is 242 Å². The number of aromatic nitrogens is 1. The number of hydrogen-bond donors (Lipinski definition) is 3. The standard InChI is InChI=1S/C31H29ClN4O5/c1-19-16-21(25-4-2-3-5-28(25)33-19)18-41-24-12-10-23(11-13-24)34-29(37)26-14-15-36(17-27(26)30(38)35-40)31(39)20-6-8-22(32)9-7-20/h2-13,16,26-27,40H,14-15,17-18H2,1H3,(H,34,37)(H,35,38)/t26-,27-/m0/s1. The molecule has 0 spiro atoms. The van der Waals surface area contributed by atoms with E-state index in [4.69, 9.17) is 16.3 Å². The van der Waals surface area contributed by atoms with Gasteiger partial charge in [-0.1, -0.05) is 29.8 Å². The average Bonchev–Trinajstić information content (AvgIpc) is 2.99. The highest BCUT2D eigenvalue weighted by molar-refractivity contribution is 6.30. The molecular weight excluding hydrogens is 544 g/mol. The van der Waals surface area contributed by atoms with Crippen LogP contribution in [-0.2, 0) is 16.2 Å². The number of rotatable bonds is 7. The molecule has 5 rings (SSSR count). The minimum Gasteiger partial charge on any atom is -0.489 e. The molecule has 1 fully saturated rings. The molecule has 1 aliphatic heterocycles. The molecule has 0 unspecified atom stereocenters. The van der Waals surface area contributed by atoms with Gasteiger partial charge in [0.25, 0.3) is 5.91 Å². The number of pyridine rings is 1. The van der Waals surface area contributed by atoms with E-state index in [1.54, 1.807) is 54.0 Å². The lowest BCUT2D eigenvalue weighted by Crippen LogP contribution is -2.51. The molecular formula is C31H29ClN4O5. The second kappa shape index (κ2) is 12.4. The van der Waals surface area contributed by atoms with Gasteiger partial charge in [0.05, 0.1) is 17.4 Å². The molecule has 3 aromatic carbocycles. The van der Waals surface area contributed by atoms with Crippen molar-refractivity contribution in [2.45, 2.75) is 20.0 Å². The van der Waals surface area contributed by atoms with Gasteiger partial charge in [0, 0.05) is 46.0 Å². The summed E-state index contributed by atoms with van der Waals surface area (Å²) < 4.78 is 6.01. The summed E-state index contributed by atoms with van der Waals surface area (Å²) in [6.07, 6.45) is 0.254. The van der Waals surface area contributed by atoms with Crippen LogP contribution in [0.4, 0.5) is 5.69 Å². The van der Waals surface area contributed by atoms with Gasteiger partial charge in [-0.05, 0) is 74.0 Å². The number of nitrogens with one attached hydrogen (secondary N) is 2. The zero-order valence-corrected chi connectivity index (χ0v) is 23.1. The maximum absolute atomic E-state index is 13.2. The molecule has 2 heterocycles. The first-order valence-corrected chi connectivity index (χ1v) is 13.6. The molecule has 0 aliphatic carbocycles. The molecule has 41 heavy (non-hydrogen) atoms. The monoisotopic (exact) mass is 572 g/mol. The van der Waals surface area contributed by atoms with Crippen LogP contribution in [0, 0.1) is 18.8 Å². The Morgan fingerprint density at radius 3 is 2.46 bits per heavy atom. The van der Waals surface area contributed by atoms with Crippen LogP contribution in [0.5, 0.6) is 5.75 Å². The van der Waals surface area contributed by atoms with Gasteiger partial charge in [0.2, 0.25) is 11.8 Å². The maximum atomic E-state index is 13.2. The van der Waals surface area contributed by atoms with Gasteiger partial charge in [-0.2, -0.15) is 0 Å². The predicted octanol–water partition coefficient (Wildman–Crippen LogP) is 5.00. The van der Waals surface area contributed by atoms with Crippen LogP contribution in [0.3, 0.4) is 0 Å². The van der Waals surface area contributed by atoms with Crippen LogP contribution in [0.1, 0.15) is 28.0 Å². The van der Waals surface area contributed by atoms with Crippen LogP contribution in [-0.4, -0.2) is 45.9 Å². The second-order valence-corrected chi connectivity index (χ2v) is 10.4. The minimum atomic E-state index is -0.925. The Balaban J connectivity index is 1.22. The fraction of sp³-hybridized carbons (Fsp3) is 0.226. The lowest BCUT2D eigenvalue weighted by Gasteiger charge is -2.36. The summed E-state index contributed by atoms with van der Waals surface area (Å²) in [5.74, 6) is -2.40. The van der Waals surface area contributed by atoms with Gasteiger partial charge in [-0.25, -0.2) is 5.48 Å². The number of para-hydroxylation sites is 1. The number of nitrogens with zero attached hydrogens (tertiary/aromatic N) is 2. The highest BCUT2D eigenvalue weighted by Gasteiger charge is 2.40. The van der Waals surface area contributed by atoms with E-state index >= 15 is 0 Å². The SMILES string of the molecule is Cc1cc(COc2ccc(NC(=O)[C@H]3CCN(C(=O)c4ccc(Cl)cc4)C[C@@H]3C(=O)NO)cc2)c2ccccc2n1. The number of carbonyl (C=O) groups is 3. The summed E-state index contributed by atoms with van der Waals surface area (Å²) in [7, 11) is 0. The van der Waals surface area contributed by atoms with Crippen molar-refractivity contribution in [3.05, 3.63) is 101 Å². The fourth-order valence-corrected chi connectivity index (χ4v) is 5.24. The Kier molecular flexibility index (Phi) is 8.47. The van der Waals surface area contributed by atoms with Crippen LogP contribution >= 0.6 is 11.6 Å². The van der Waals surface area contributed by atoms with Gasteiger partial charge >= 0.3 is 0 Å². The zero-order chi connectivity index (χ0) is 28.9.